The molecule has 1 aromatic carbocycles. The summed E-state index contributed by atoms with van der Waals surface area (Å²) < 4.78 is 0. The molecule has 0 atom stereocenters. The summed E-state index contributed by atoms with van der Waals surface area (Å²) in [6.07, 6.45) is 0.0588. The summed E-state index contributed by atoms with van der Waals surface area (Å²) in [6, 6.07) is 8.80. The molecule has 3 heteroatoms. The zero-order valence-corrected chi connectivity index (χ0v) is 10.1. The Morgan fingerprint density at radius 1 is 1.24 bits per heavy atom. The zero-order chi connectivity index (χ0) is 13.1. The van der Waals surface area contributed by atoms with E-state index in [4.69, 9.17) is 5.11 Å². The number of carboxylic acid groups (broad SMARTS) is 1. The first-order valence-electron chi connectivity index (χ1n) is 5.35. The highest BCUT2D eigenvalue weighted by molar-refractivity contribution is 5.98. The second-order valence-electron chi connectivity index (χ2n) is 4.50. The van der Waals surface area contributed by atoms with Gasteiger partial charge in [0.15, 0.2) is 5.78 Å². The maximum Gasteiger partial charge on any atom is 0.313 e. The SMILES string of the molecule is C=C(CC(=O)c1ccccc1)C(C)(C)C(=O)O. The maximum absolute atomic E-state index is 11.9. The van der Waals surface area contributed by atoms with E-state index in [1.165, 1.54) is 0 Å². The number of hydrogen-bond donors (Lipinski definition) is 1. The lowest BCUT2D eigenvalue weighted by molar-refractivity contribution is -0.144. The highest BCUT2D eigenvalue weighted by Crippen LogP contribution is 2.28. The van der Waals surface area contributed by atoms with Gasteiger partial charge < -0.3 is 5.11 Å². The van der Waals surface area contributed by atoms with E-state index >= 15 is 0 Å². The van der Waals surface area contributed by atoms with E-state index in [2.05, 4.69) is 6.58 Å². The number of Topliss-reactive ketones (excluding diaryl/α,β-unsaturated/α-hetero) is 1. The molecule has 0 heterocycles. The third kappa shape index (κ3) is 3.03. The lowest BCUT2D eigenvalue weighted by atomic mass is 9.82. The van der Waals surface area contributed by atoms with E-state index in [-0.39, 0.29) is 12.2 Å². The van der Waals surface area contributed by atoms with Gasteiger partial charge in [0.2, 0.25) is 0 Å². The molecule has 1 rings (SSSR count). The normalized spacial score (nSPS) is 10.9. The lowest BCUT2D eigenvalue weighted by Crippen LogP contribution is -2.26. The molecule has 0 aliphatic rings. The van der Waals surface area contributed by atoms with Gasteiger partial charge in [-0.05, 0) is 13.8 Å². The molecule has 0 aromatic heterocycles. The molecule has 0 saturated heterocycles. The molecule has 1 N–H and O–H groups in total. The van der Waals surface area contributed by atoms with Crippen molar-refractivity contribution in [3.05, 3.63) is 48.0 Å². The van der Waals surface area contributed by atoms with Gasteiger partial charge in [-0.3, -0.25) is 9.59 Å². The van der Waals surface area contributed by atoms with Crippen LogP contribution in [0.1, 0.15) is 30.6 Å². The van der Waals surface area contributed by atoms with Crippen molar-refractivity contribution in [1.29, 1.82) is 0 Å². The van der Waals surface area contributed by atoms with Crippen LogP contribution in [0.15, 0.2) is 42.5 Å². The van der Waals surface area contributed by atoms with Gasteiger partial charge in [-0.2, -0.15) is 0 Å². The Balaban J connectivity index is 2.77. The second-order valence-corrected chi connectivity index (χ2v) is 4.50. The molecular weight excluding hydrogens is 216 g/mol. The Kier molecular flexibility index (Phi) is 3.84. The minimum atomic E-state index is -1.08. The standard InChI is InChI=1S/C14H16O3/c1-10(14(2,3)13(16)17)9-12(15)11-7-5-4-6-8-11/h4-8H,1,9H2,2-3H3,(H,16,17). The van der Waals surface area contributed by atoms with E-state index < -0.39 is 11.4 Å². The summed E-state index contributed by atoms with van der Waals surface area (Å²) in [7, 11) is 0. The smallest absolute Gasteiger partial charge is 0.313 e. The molecule has 0 bridgehead atoms. The molecule has 17 heavy (non-hydrogen) atoms. The van der Waals surface area contributed by atoms with Crippen LogP contribution in [0.4, 0.5) is 0 Å². The molecule has 0 amide bonds. The predicted octanol–water partition coefficient (Wildman–Crippen LogP) is 2.93. The maximum atomic E-state index is 11.9. The van der Waals surface area contributed by atoms with Gasteiger partial charge in [-0.25, -0.2) is 0 Å². The van der Waals surface area contributed by atoms with Crippen LogP contribution in [-0.2, 0) is 4.79 Å². The Labute approximate surface area is 101 Å². The quantitative estimate of drug-likeness (QED) is 0.627. The summed E-state index contributed by atoms with van der Waals surface area (Å²) in [6.45, 7) is 6.81. The number of carbonyl (C=O) groups is 2. The van der Waals surface area contributed by atoms with Crippen LogP contribution in [0.5, 0.6) is 0 Å². The van der Waals surface area contributed by atoms with Crippen LogP contribution in [0, 0.1) is 5.41 Å². The first kappa shape index (κ1) is 13.2. The molecule has 0 aliphatic carbocycles. The fourth-order valence-corrected chi connectivity index (χ4v) is 1.29. The second kappa shape index (κ2) is 4.95. The third-order valence-electron chi connectivity index (χ3n) is 2.89. The first-order chi connectivity index (χ1) is 7.85. The van der Waals surface area contributed by atoms with Crippen molar-refractivity contribution in [1.82, 2.24) is 0 Å². The van der Waals surface area contributed by atoms with Crippen molar-refractivity contribution in [2.45, 2.75) is 20.3 Å². The van der Waals surface area contributed by atoms with Gasteiger partial charge >= 0.3 is 5.97 Å². The van der Waals surface area contributed by atoms with Crippen LogP contribution in [-0.4, -0.2) is 16.9 Å². The summed E-state index contributed by atoms with van der Waals surface area (Å²) in [5.41, 5.74) is -0.0848. The van der Waals surface area contributed by atoms with Crippen LogP contribution < -0.4 is 0 Å². The number of carbonyl (C=O) groups excluding carboxylic acids is 1. The van der Waals surface area contributed by atoms with Crippen molar-refractivity contribution in [2.75, 3.05) is 0 Å². The number of aliphatic carboxylic acids is 1. The van der Waals surface area contributed by atoms with E-state index in [9.17, 15) is 9.59 Å². The van der Waals surface area contributed by atoms with Crippen LogP contribution in [0.2, 0.25) is 0 Å². The van der Waals surface area contributed by atoms with E-state index in [1.54, 1.807) is 38.1 Å². The highest BCUT2D eigenvalue weighted by atomic mass is 16.4. The summed E-state index contributed by atoms with van der Waals surface area (Å²) in [4.78, 5) is 22.9. The number of benzene rings is 1. The van der Waals surface area contributed by atoms with Gasteiger partial charge in [-0.15, -0.1) is 0 Å². The molecule has 0 saturated carbocycles. The van der Waals surface area contributed by atoms with E-state index in [1.807, 2.05) is 6.07 Å². The van der Waals surface area contributed by atoms with Gasteiger partial charge in [0.1, 0.15) is 0 Å². The molecule has 0 aliphatic heterocycles. The Morgan fingerprint density at radius 2 is 1.76 bits per heavy atom. The third-order valence-corrected chi connectivity index (χ3v) is 2.89. The number of carboxylic acids is 1. The van der Waals surface area contributed by atoms with Crippen molar-refractivity contribution in [3.63, 3.8) is 0 Å². The van der Waals surface area contributed by atoms with Crippen molar-refractivity contribution in [2.24, 2.45) is 5.41 Å². The lowest BCUT2D eigenvalue weighted by Gasteiger charge is -2.21. The van der Waals surface area contributed by atoms with E-state index in [0.717, 1.165) is 0 Å². The van der Waals surface area contributed by atoms with Gasteiger partial charge in [0.05, 0.1) is 5.41 Å². The largest absolute Gasteiger partial charge is 0.481 e. The average Bonchev–Trinajstić information content (AvgIpc) is 2.29. The van der Waals surface area contributed by atoms with Crippen molar-refractivity contribution in [3.8, 4) is 0 Å². The molecule has 90 valence electrons. The zero-order valence-electron chi connectivity index (χ0n) is 10.1. The molecule has 3 nitrogen and oxygen atoms in total. The highest BCUT2D eigenvalue weighted by Gasteiger charge is 2.31. The molecule has 0 unspecified atom stereocenters. The minimum Gasteiger partial charge on any atom is -0.481 e. The molecule has 0 fully saturated rings. The Hall–Kier alpha value is -1.90. The fraction of sp³-hybridized carbons (Fsp3) is 0.286. The molecule has 1 aromatic rings. The number of ketones is 1. The van der Waals surface area contributed by atoms with Crippen LogP contribution >= 0.6 is 0 Å². The van der Waals surface area contributed by atoms with Crippen LogP contribution in [0.3, 0.4) is 0 Å². The number of hydrogen-bond acceptors (Lipinski definition) is 2. The van der Waals surface area contributed by atoms with Gasteiger partial charge in [-0.1, -0.05) is 42.5 Å². The Bertz CT molecular complexity index is 444. The topological polar surface area (TPSA) is 54.4 Å². The molecule has 0 radical (unpaired) electrons. The van der Waals surface area contributed by atoms with Crippen molar-refractivity contribution < 1.29 is 14.7 Å². The minimum absolute atomic E-state index is 0.0588. The number of rotatable bonds is 5. The summed E-state index contributed by atoms with van der Waals surface area (Å²) >= 11 is 0. The predicted molar refractivity (Wildman–Crippen MR) is 65.9 cm³/mol. The van der Waals surface area contributed by atoms with Crippen molar-refractivity contribution >= 4 is 11.8 Å². The first-order valence-corrected chi connectivity index (χ1v) is 5.35. The van der Waals surface area contributed by atoms with Crippen LogP contribution in [0.25, 0.3) is 0 Å². The average molecular weight is 232 g/mol. The fourth-order valence-electron chi connectivity index (χ4n) is 1.29. The summed E-state index contributed by atoms with van der Waals surface area (Å²) in [5.74, 6) is -1.08. The van der Waals surface area contributed by atoms with Gasteiger partial charge in [0, 0.05) is 12.0 Å². The monoisotopic (exact) mass is 232 g/mol. The van der Waals surface area contributed by atoms with E-state index in [0.29, 0.717) is 11.1 Å². The summed E-state index contributed by atoms with van der Waals surface area (Å²) in [5, 5.41) is 9.02. The molecular formula is C14H16O3. The Morgan fingerprint density at radius 3 is 2.24 bits per heavy atom. The van der Waals surface area contributed by atoms with Gasteiger partial charge in [0.25, 0.3) is 0 Å². The molecule has 0 spiro atoms.